The Morgan fingerprint density at radius 2 is 2.05 bits per heavy atom. The molecule has 114 valence electrons. The maximum atomic E-state index is 11.9. The lowest BCUT2D eigenvalue weighted by molar-refractivity contribution is -0.153. The summed E-state index contributed by atoms with van der Waals surface area (Å²) in [6.07, 6.45) is 4.48. The van der Waals surface area contributed by atoms with E-state index in [4.69, 9.17) is 0 Å². The summed E-state index contributed by atoms with van der Waals surface area (Å²) in [6.45, 7) is 9.24. The van der Waals surface area contributed by atoms with Crippen LogP contribution in [-0.4, -0.2) is 47.6 Å². The molecular formula is C15H26N2O3. The average Bonchev–Trinajstić information content (AvgIpc) is 2.44. The SMILES string of the molecule is C=CCNC(=O)C(C)N1CCC(CCC)(C(=O)O)CC1. The quantitative estimate of drug-likeness (QED) is 0.697. The minimum absolute atomic E-state index is 0.0248. The highest BCUT2D eigenvalue weighted by atomic mass is 16.4. The minimum Gasteiger partial charge on any atom is -0.481 e. The van der Waals surface area contributed by atoms with Gasteiger partial charge in [-0.15, -0.1) is 6.58 Å². The Morgan fingerprint density at radius 1 is 1.45 bits per heavy atom. The van der Waals surface area contributed by atoms with Crippen LogP contribution >= 0.6 is 0 Å². The highest BCUT2D eigenvalue weighted by Gasteiger charge is 2.41. The molecule has 0 radical (unpaired) electrons. The van der Waals surface area contributed by atoms with Crippen LogP contribution in [0, 0.1) is 5.41 Å². The van der Waals surface area contributed by atoms with Crippen molar-refractivity contribution in [1.82, 2.24) is 10.2 Å². The normalized spacial score (nSPS) is 20.1. The Labute approximate surface area is 121 Å². The van der Waals surface area contributed by atoms with Gasteiger partial charge in [0.25, 0.3) is 0 Å². The molecule has 2 N–H and O–H groups in total. The summed E-state index contributed by atoms with van der Waals surface area (Å²) in [6, 6.07) is -0.219. The topological polar surface area (TPSA) is 69.6 Å². The van der Waals surface area contributed by atoms with E-state index in [1.54, 1.807) is 6.08 Å². The molecule has 1 atom stereocenters. The Bertz CT molecular complexity index is 360. The predicted octanol–water partition coefficient (Wildman–Crippen LogP) is 1.64. The van der Waals surface area contributed by atoms with Crippen molar-refractivity contribution in [3.8, 4) is 0 Å². The number of carbonyl (C=O) groups excluding carboxylic acids is 1. The van der Waals surface area contributed by atoms with Gasteiger partial charge in [0.2, 0.25) is 5.91 Å². The van der Waals surface area contributed by atoms with Crippen LogP contribution in [0.2, 0.25) is 0 Å². The second-order valence-electron chi connectivity index (χ2n) is 5.58. The van der Waals surface area contributed by atoms with Gasteiger partial charge in [-0.3, -0.25) is 14.5 Å². The summed E-state index contributed by atoms with van der Waals surface area (Å²) in [4.78, 5) is 25.5. The zero-order valence-electron chi connectivity index (χ0n) is 12.5. The number of carbonyl (C=O) groups is 2. The summed E-state index contributed by atoms with van der Waals surface area (Å²) in [5, 5.41) is 12.2. The van der Waals surface area contributed by atoms with Crippen LogP contribution in [0.15, 0.2) is 12.7 Å². The summed E-state index contributed by atoms with van der Waals surface area (Å²) >= 11 is 0. The third-order valence-electron chi connectivity index (χ3n) is 4.29. The van der Waals surface area contributed by atoms with Crippen molar-refractivity contribution in [2.24, 2.45) is 5.41 Å². The largest absolute Gasteiger partial charge is 0.481 e. The number of carboxylic acid groups (broad SMARTS) is 1. The fourth-order valence-corrected chi connectivity index (χ4v) is 2.87. The smallest absolute Gasteiger partial charge is 0.309 e. The number of nitrogens with one attached hydrogen (secondary N) is 1. The van der Waals surface area contributed by atoms with Crippen molar-refractivity contribution in [2.45, 2.75) is 45.6 Å². The van der Waals surface area contributed by atoms with E-state index in [9.17, 15) is 14.7 Å². The second kappa shape index (κ2) is 7.43. The van der Waals surface area contributed by atoms with E-state index in [-0.39, 0.29) is 11.9 Å². The molecule has 1 aliphatic rings. The summed E-state index contributed by atoms with van der Waals surface area (Å²) < 4.78 is 0. The molecule has 0 aromatic heterocycles. The lowest BCUT2D eigenvalue weighted by Crippen LogP contribution is -2.51. The van der Waals surface area contributed by atoms with E-state index in [0.29, 0.717) is 38.9 Å². The Balaban J connectivity index is 2.58. The summed E-state index contributed by atoms with van der Waals surface area (Å²) in [5.74, 6) is -0.717. The van der Waals surface area contributed by atoms with Gasteiger partial charge in [-0.1, -0.05) is 19.4 Å². The van der Waals surface area contributed by atoms with Gasteiger partial charge in [0.15, 0.2) is 0 Å². The molecule has 1 saturated heterocycles. The van der Waals surface area contributed by atoms with E-state index in [1.165, 1.54) is 0 Å². The van der Waals surface area contributed by atoms with Gasteiger partial charge in [0.05, 0.1) is 11.5 Å². The van der Waals surface area contributed by atoms with E-state index >= 15 is 0 Å². The molecule has 1 fully saturated rings. The van der Waals surface area contributed by atoms with Crippen molar-refractivity contribution in [1.29, 1.82) is 0 Å². The van der Waals surface area contributed by atoms with Crippen LogP contribution < -0.4 is 5.32 Å². The van der Waals surface area contributed by atoms with E-state index in [2.05, 4.69) is 16.8 Å². The molecule has 5 nitrogen and oxygen atoms in total. The first-order chi connectivity index (χ1) is 9.46. The number of rotatable bonds is 7. The average molecular weight is 282 g/mol. The molecule has 1 aliphatic heterocycles. The molecule has 0 aromatic carbocycles. The third-order valence-corrected chi connectivity index (χ3v) is 4.29. The zero-order valence-corrected chi connectivity index (χ0v) is 12.5. The number of likely N-dealkylation sites (tertiary alicyclic amines) is 1. The first-order valence-corrected chi connectivity index (χ1v) is 7.33. The predicted molar refractivity (Wildman–Crippen MR) is 78.5 cm³/mol. The maximum Gasteiger partial charge on any atom is 0.309 e. The molecule has 1 amide bonds. The molecule has 0 aliphatic carbocycles. The molecule has 1 heterocycles. The van der Waals surface area contributed by atoms with Gasteiger partial charge in [-0.2, -0.15) is 0 Å². The lowest BCUT2D eigenvalue weighted by Gasteiger charge is -2.40. The zero-order chi connectivity index (χ0) is 15.2. The highest BCUT2D eigenvalue weighted by molar-refractivity contribution is 5.81. The molecule has 0 spiro atoms. The van der Waals surface area contributed by atoms with E-state index in [0.717, 1.165) is 6.42 Å². The molecule has 5 heteroatoms. The first-order valence-electron chi connectivity index (χ1n) is 7.33. The van der Waals surface area contributed by atoms with Crippen molar-refractivity contribution < 1.29 is 14.7 Å². The fraction of sp³-hybridized carbons (Fsp3) is 0.733. The number of hydrogen-bond acceptors (Lipinski definition) is 3. The van der Waals surface area contributed by atoms with E-state index < -0.39 is 11.4 Å². The second-order valence-corrected chi connectivity index (χ2v) is 5.58. The van der Waals surface area contributed by atoms with Crippen LogP contribution in [0.5, 0.6) is 0 Å². The molecule has 20 heavy (non-hydrogen) atoms. The molecule has 0 saturated carbocycles. The number of carboxylic acids is 1. The van der Waals surface area contributed by atoms with Gasteiger partial charge in [0.1, 0.15) is 0 Å². The lowest BCUT2D eigenvalue weighted by atomic mass is 9.75. The third kappa shape index (κ3) is 3.82. The molecular weight excluding hydrogens is 256 g/mol. The maximum absolute atomic E-state index is 11.9. The van der Waals surface area contributed by atoms with Crippen molar-refractivity contribution >= 4 is 11.9 Å². The van der Waals surface area contributed by atoms with Crippen LogP contribution in [0.1, 0.15) is 39.5 Å². The fourth-order valence-electron chi connectivity index (χ4n) is 2.87. The number of nitrogens with zero attached hydrogens (tertiary/aromatic N) is 1. The molecule has 1 rings (SSSR count). The van der Waals surface area contributed by atoms with Gasteiger partial charge >= 0.3 is 5.97 Å². The van der Waals surface area contributed by atoms with Gasteiger partial charge in [-0.05, 0) is 26.2 Å². The van der Waals surface area contributed by atoms with Crippen LogP contribution in [0.4, 0.5) is 0 Å². The number of aliphatic carboxylic acids is 1. The van der Waals surface area contributed by atoms with Gasteiger partial charge in [0, 0.05) is 19.6 Å². The van der Waals surface area contributed by atoms with Crippen molar-refractivity contribution in [3.05, 3.63) is 12.7 Å². The number of hydrogen-bond donors (Lipinski definition) is 2. The Morgan fingerprint density at radius 3 is 2.50 bits per heavy atom. The van der Waals surface area contributed by atoms with Crippen molar-refractivity contribution in [2.75, 3.05) is 19.6 Å². The summed E-state index contributed by atoms with van der Waals surface area (Å²) in [5.41, 5.74) is -0.595. The Kier molecular flexibility index (Phi) is 6.20. The van der Waals surface area contributed by atoms with E-state index in [1.807, 2.05) is 13.8 Å². The van der Waals surface area contributed by atoms with Crippen LogP contribution in [0.3, 0.4) is 0 Å². The highest BCUT2D eigenvalue weighted by Crippen LogP contribution is 2.36. The monoisotopic (exact) mass is 282 g/mol. The molecule has 0 aromatic rings. The standard InChI is InChI=1S/C15H26N2O3/c1-4-6-15(14(19)20)7-10-17(11-8-15)12(3)13(18)16-9-5-2/h5,12H,2,4,6-11H2,1,3H3,(H,16,18)(H,19,20). The van der Waals surface area contributed by atoms with Crippen LogP contribution in [-0.2, 0) is 9.59 Å². The van der Waals surface area contributed by atoms with Crippen molar-refractivity contribution in [3.63, 3.8) is 0 Å². The number of amides is 1. The number of piperidine rings is 1. The Hall–Kier alpha value is -1.36. The summed E-state index contributed by atoms with van der Waals surface area (Å²) in [7, 11) is 0. The van der Waals surface area contributed by atoms with Crippen LogP contribution in [0.25, 0.3) is 0 Å². The first kappa shape index (κ1) is 16.7. The van der Waals surface area contributed by atoms with Gasteiger partial charge in [-0.25, -0.2) is 0 Å². The molecule has 0 bridgehead atoms. The minimum atomic E-state index is -0.692. The van der Waals surface area contributed by atoms with Gasteiger partial charge < -0.3 is 10.4 Å². The molecule has 1 unspecified atom stereocenters.